The van der Waals surface area contributed by atoms with Gasteiger partial charge >= 0.3 is 0 Å². The summed E-state index contributed by atoms with van der Waals surface area (Å²) in [5, 5.41) is 1.07. The maximum atomic E-state index is 12.8. The zero-order valence-electron chi connectivity index (χ0n) is 16.9. The number of amides is 1. The molecule has 1 amide bonds. The SMILES string of the molecule is COc1ccc(OC(C)CN2CCN(C(=O)c3cc4ccccc4[nH]3)CC2)cc1. The Morgan fingerprint density at radius 3 is 2.41 bits per heavy atom. The van der Waals surface area contributed by atoms with Crippen molar-refractivity contribution in [2.45, 2.75) is 13.0 Å². The number of nitrogens with one attached hydrogen (secondary N) is 1. The number of methoxy groups -OCH3 is 1. The molecule has 1 unspecified atom stereocenters. The van der Waals surface area contributed by atoms with Crippen LogP contribution in [0.5, 0.6) is 11.5 Å². The number of aromatic amines is 1. The minimum atomic E-state index is 0.0688. The number of aromatic nitrogens is 1. The average Bonchev–Trinajstić information content (AvgIpc) is 3.18. The van der Waals surface area contributed by atoms with Crippen LogP contribution in [0.4, 0.5) is 0 Å². The van der Waals surface area contributed by atoms with Crippen molar-refractivity contribution in [3.63, 3.8) is 0 Å². The van der Waals surface area contributed by atoms with Crippen molar-refractivity contribution in [2.75, 3.05) is 39.8 Å². The van der Waals surface area contributed by atoms with Crippen LogP contribution in [-0.2, 0) is 0 Å². The molecule has 6 nitrogen and oxygen atoms in total. The van der Waals surface area contributed by atoms with E-state index in [0.29, 0.717) is 5.69 Å². The molecule has 1 saturated heterocycles. The molecule has 0 bridgehead atoms. The van der Waals surface area contributed by atoms with E-state index in [9.17, 15) is 4.79 Å². The number of piperazine rings is 1. The highest BCUT2D eigenvalue weighted by Gasteiger charge is 2.24. The summed E-state index contributed by atoms with van der Waals surface area (Å²) in [5.41, 5.74) is 1.66. The minimum absolute atomic E-state index is 0.0688. The molecule has 1 aromatic heterocycles. The monoisotopic (exact) mass is 393 g/mol. The molecule has 0 radical (unpaired) electrons. The minimum Gasteiger partial charge on any atom is -0.497 e. The van der Waals surface area contributed by atoms with E-state index < -0.39 is 0 Å². The quantitative estimate of drug-likeness (QED) is 0.697. The summed E-state index contributed by atoms with van der Waals surface area (Å²) < 4.78 is 11.2. The van der Waals surface area contributed by atoms with Gasteiger partial charge in [-0.1, -0.05) is 18.2 Å². The predicted molar refractivity (Wildman–Crippen MR) is 114 cm³/mol. The summed E-state index contributed by atoms with van der Waals surface area (Å²) in [6.07, 6.45) is 0.0688. The molecule has 4 rings (SSSR count). The second kappa shape index (κ2) is 8.57. The Morgan fingerprint density at radius 2 is 1.72 bits per heavy atom. The molecule has 0 saturated carbocycles. The third-order valence-electron chi connectivity index (χ3n) is 5.33. The number of H-pyrrole nitrogens is 1. The summed E-state index contributed by atoms with van der Waals surface area (Å²) >= 11 is 0. The number of fused-ring (bicyclic) bond motifs is 1. The van der Waals surface area contributed by atoms with Gasteiger partial charge in [-0.25, -0.2) is 0 Å². The maximum Gasteiger partial charge on any atom is 0.270 e. The highest BCUT2D eigenvalue weighted by Crippen LogP contribution is 2.19. The van der Waals surface area contributed by atoms with E-state index in [1.54, 1.807) is 7.11 Å². The molecule has 0 spiro atoms. The van der Waals surface area contributed by atoms with E-state index in [4.69, 9.17) is 9.47 Å². The lowest BCUT2D eigenvalue weighted by Crippen LogP contribution is -2.50. The first-order valence-electron chi connectivity index (χ1n) is 10.0. The molecule has 1 atom stereocenters. The van der Waals surface area contributed by atoms with Crippen LogP contribution in [0.2, 0.25) is 0 Å². The Bertz CT molecular complexity index is 926. The summed E-state index contributed by atoms with van der Waals surface area (Å²) in [5.74, 6) is 1.73. The van der Waals surface area contributed by atoms with Crippen LogP contribution in [0.25, 0.3) is 10.9 Å². The van der Waals surface area contributed by atoms with E-state index in [0.717, 1.165) is 55.1 Å². The van der Waals surface area contributed by atoms with E-state index >= 15 is 0 Å². The van der Waals surface area contributed by atoms with Gasteiger partial charge in [-0.05, 0) is 43.3 Å². The fourth-order valence-corrected chi connectivity index (χ4v) is 3.78. The van der Waals surface area contributed by atoms with Gasteiger partial charge in [0.25, 0.3) is 5.91 Å². The average molecular weight is 393 g/mol. The molecule has 1 N–H and O–H groups in total. The molecular formula is C23H27N3O3. The number of carbonyl (C=O) groups is 1. The number of benzene rings is 2. The second-order valence-corrected chi connectivity index (χ2v) is 7.47. The summed E-state index contributed by atoms with van der Waals surface area (Å²) in [4.78, 5) is 20.3. The number of para-hydroxylation sites is 1. The molecular weight excluding hydrogens is 366 g/mol. The van der Waals surface area contributed by atoms with Gasteiger partial charge in [-0.2, -0.15) is 0 Å². The Kier molecular flexibility index (Phi) is 5.71. The van der Waals surface area contributed by atoms with E-state index in [2.05, 4.69) is 16.8 Å². The second-order valence-electron chi connectivity index (χ2n) is 7.47. The zero-order valence-corrected chi connectivity index (χ0v) is 16.9. The van der Waals surface area contributed by atoms with Crippen molar-refractivity contribution in [2.24, 2.45) is 0 Å². The normalized spacial score (nSPS) is 16.0. The Hall–Kier alpha value is -2.99. The van der Waals surface area contributed by atoms with Gasteiger partial charge in [-0.15, -0.1) is 0 Å². The van der Waals surface area contributed by atoms with Gasteiger partial charge in [0.15, 0.2) is 0 Å². The highest BCUT2D eigenvalue weighted by atomic mass is 16.5. The van der Waals surface area contributed by atoms with Crippen molar-refractivity contribution in [1.82, 2.24) is 14.8 Å². The molecule has 1 aliphatic rings. The Morgan fingerprint density at radius 1 is 1.03 bits per heavy atom. The van der Waals surface area contributed by atoms with Crippen molar-refractivity contribution in [3.8, 4) is 11.5 Å². The number of carbonyl (C=O) groups excluding carboxylic acids is 1. The zero-order chi connectivity index (χ0) is 20.2. The summed E-state index contributed by atoms with van der Waals surface area (Å²) in [6.45, 7) is 6.06. The first kappa shape index (κ1) is 19.3. The molecule has 2 aromatic carbocycles. The first-order chi connectivity index (χ1) is 14.1. The number of ether oxygens (including phenoxy) is 2. The van der Waals surface area contributed by atoms with E-state index in [1.807, 2.05) is 59.5 Å². The first-order valence-corrected chi connectivity index (χ1v) is 10.0. The largest absolute Gasteiger partial charge is 0.497 e. The van der Waals surface area contributed by atoms with Gasteiger partial charge in [-0.3, -0.25) is 9.69 Å². The van der Waals surface area contributed by atoms with E-state index in [1.165, 1.54) is 0 Å². The van der Waals surface area contributed by atoms with Crippen LogP contribution in [0.15, 0.2) is 54.6 Å². The van der Waals surface area contributed by atoms with Crippen LogP contribution < -0.4 is 9.47 Å². The van der Waals surface area contributed by atoms with Gasteiger partial charge in [0, 0.05) is 43.6 Å². The molecule has 2 heterocycles. The number of hydrogen-bond donors (Lipinski definition) is 1. The lowest BCUT2D eigenvalue weighted by atomic mass is 10.2. The summed E-state index contributed by atoms with van der Waals surface area (Å²) in [7, 11) is 1.65. The predicted octanol–water partition coefficient (Wildman–Crippen LogP) is 3.40. The number of rotatable bonds is 6. The Labute approximate surface area is 171 Å². The van der Waals surface area contributed by atoms with Gasteiger partial charge in [0.1, 0.15) is 23.3 Å². The molecule has 152 valence electrons. The lowest BCUT2D eigenvalue weighted by molar-refractivity contribution is 0.0572. The molecule has 29 heavy (non-hydrogen) atoms. The summed E-state index contributed by atoms with van der Waals surface area (Å²) in [6, 6.07) is 17.6. The van der Waals surface area contributed by atoms with Crippen LogP contribution >= 0.6 is 0 Å². The van der Waals surface area contributed by atoms with Gasteiger partial charge in [0.05, 0.1) is 7.11 Å². The van der Waals surface area contributed by atoms with Crippen molar-refractivity contribution in [3.05, 3.63) is 60.3 Å². The van der Waals surface area contributed by atoms with Crippen LogP contribution in [0.1, 0.15) is 17.4 Å². The maximum absolute atomic E-state index is 12.8. The van der Waals surface area contributed by atoms with Crippen LogP contribution in [-0.4, -0.2) is 66.6 Å². The third kappa shape index (κ3) is 4.54. The standard InChI is InChI=1S/C23H27N3O3/c1-17(29-20-9-7-19(28-2)8-10-20)16-25-11-13-26(14-12-25)23(27)22-15-18-5-3-4-6-21(18)24-22/h3-10,15,17,24H,11-14,16H2,1-2H3. The Balaban J connectivity index is 1.27. The van der Waals surface area contributed by atoms with Crippen molar-refractivity contribution >= 4 is 16.8 Å². The van der Waals surface area contributed by atoms with Gasteiger partial charge in [0.2, 0.25) is 0 Å². The van der Waals surface area contributed by atoms with Gasteiger partial charge < -0.3 is 19.4 Å². The molecule has 0 aliphatic carbocycles. The fraction of sp³-hybridized carbons (Fsp3) is 0.348. The van der Waals surface area contributed by atoms with Crippen LogP contribution in [0.3, 0.4) is 0 Å². The molecule has 1 fully saturated rings. The molecule has 1 aliphatic heterocycles. The van der Waals surface area contributed by atoms with E-state index in [-0.39, 0.29) is 12.0 Å². The number of nitrogens with zero attached hydrogens (tertiary/aromatic N) is 2. The highest BCUT2D eigenvalue weighted by molar-refractivity contribution is 5.98. The van der Waals surface area contributed by atoms with Crippen LogP contribution in [0, 0.1) is 0 Å². The molecule has 6 heteroatoms. The van der Waals surface area contributed by atoms with Crippen molar-refractivity contribution < 1.29 is 14.3 Å². The topological polar surface area (TPSA) is 57.8 Å². The van der Waals surface area contributed by atoms with Crippen molar-refractivity contribution in [1.29, 1.82) is 0 Å². The third-order valence-corrected chi connectivity index (χ3v) is 5.33. The fourth-order valence-electron chi connectivity index (χ4n) is 3.78. The lowest BCUT2D eigenvalue weighted by Gasteiger charge is -2.35. The number of hydrogen-bond acceptors (Lipinski definition) is 4. The smallest absolute Gasteiger partial charge is 0.270 e. The molecule has 3 aromatic rings.